The average molecular weight is 585 g/mol. The van der Waals surface area contributed by atoms with Crippen LogP contribution >= 0.6 is 0 Å². The van der Waals surface area contributed by atoms with Crippen LogP contribution in [-0.2, 0) is 20.9 Å². The summed E-state index contributed by atoms with van der Waals surface area (Å²) in [5.41, 5.74) is 6.56. The fourth-order valence-electron chi connectivity index (χ4n) is 4.93. The van der Waals surface area contributed by atoms with E-state index >= 15 is 0 Å². The number of hydrogen-bond acceptors (Lipinski definition) is 5. The van der Waals surface area contributed by atoms with Gasteiger partial charge in [0.25, 0.3) is 5.91 Å². The predicted octanol–water partition coefficient (Wildman–Crippen LogP) is 4.38. The number of primary amides is 1. The van der Waals surface area contributed by atoms with Crippen molar-refractivity contribution in [2.45, 2.75) is 52.8 Å². The van der Waals surface area contributed by atoms with E-state index in [1.54, 1.807) is 12.3 Å². The predicted molar refractivity (Wildman–Crippen MR) is 154 cm³/mol. The number of rotatable bonds is 12. The standard InChI is InChI=1S/C31H38F2N4O5/c1-20(42-30(34)41)29(40)35-13-8-14-37(27(39)19-38)28(31(2,3)4)26-15-22(24-16-23(32)11-12-25(24)33)18-36(26)17-21-9-6-5-7-10-21/h5-7,9-12,15-16,18,20,28,38H,8,13-14,17,19H2,1-4H3,(H2,34,41)(H,35,40)/t20-,28-/m0/s1. The molecule has 2 aromatic carbocycles. The number of benzene rings is 2. The smallest absolute Gasteiger partial charge is 0.405 e. The van der Waals surface area contributed by atoms with Gasteiger partial charge in [-0.2, -0.15) is 0 Å². The highest BCUT2D eigenvalue weighted by Gasteiger charge is 2.37. The van der Waals surface area contributed by atoms with Crippen molar-refractivity contribution in [1.82, 2.24) is 14.8 Å². The summed E-state index contributed by atoms with van der Waals surface area (Å²) in [7, 11) is 0. The van der Waals surface area contributed by atoms with Crippen molar-refractivity contribution < 1.29 is 33.0 Å². The number of hydrogen-bond donors (Lipinski definition) is 3. The van der Waals surface area contributed by atoms with Crippen LogP contribution < -0.4 is 11.1 Å². The summed E-state index contributed by atoms with van der Waals surface area (Å²) in [6.45, 7) is 7.20. The largest absolute Gasteiger partial charge is 0.437 e. The molecule has 1 aromatic heterocycles. The fourth-order valence-corrected chi connectivity index (χ4v) is 4.93. The number of carbonyl (C=O) groups excluding carboxylic acids is 3. The third-order valence-corrected chi connectivity index (χ3v) is 6.77. The number of aromatic nitrogens is 1. The second-order valence-corrected chi connectivity index (χ2v) is 11.1. The summed E-state index contributed by atoms with van der Waals surface area (Å²) in [6, 6.07) is 14.0. The molecule has 0 fully saturated rings. The first-order valence-corrected chi connectivity index (χ1v) is 13.6. The Hall–Kier alpha value is -4.25. The summed E-state index contributed by atoms with van der Waals surface area (Å²) in [5, 5.41) is 12.5. The second kappa shape index (κ2) is 14.1. The van der Waals surface area contributed by atoms with Crippen molar-refractivity contribution >= 4 is 17.9 Å². The number of aliphatic hydroxyl groups excluding tert-OH is 1. The lowest BCUT2D eigenvalue weighted by molar-refractivity contribution is -0.139. The molecule has 4 N–H and O–H groups in total. The number of ether oxygens (including phenoxy) is 1. The van der Waals surface area contributed by atoms with Crippen LogP contribution in [-0.4, -0.2) is 58.3 Å². The van der Waals surface area contributed by atoms with E-state index in [2.05, 4.69) is 10.1 Å². The molecule has 3 rings (SSSR count). The molecule has 0 aliphatic heterocycles. The summed E-state index contributed by atoms with van der Waals surface area (Å²) in [4.78, 5) is 37.9. The number of amides is 3. The van der Waals surface area contributed by atoms with Crippen LogP contribution in [0.1, 0.15) is 51.4 Å². The molecule has 3 amide bonds. The SMILES string of the molecule is C[C@H](OC(N)=O)C(=O)NCCCN(C(=O)CO)[C@@H](c1cc(-c2cc(F)ccc2F)cn1Cc1ccccc1)C(C)(C)C. The van der Waals surface area contributed by atoms with E-state index in [0.29, 0.717) is 24.2 Å². The zero-order valence-electron chi connectivity index (χ0n) is 24.3. The molecule has 0 saturated heterocycles. The molecule has 2 atom stereocenters. The zero-order chi connectivity index (χ0) is 31.0. The van der Waals surface area contributed by atoms with E-state index in [1.165, 1.54) is 11.8 Å². The molecule has 42 heavy (non-hydrogen) atoms. The number of nitrogens with two attached hydrogens (primary N) is 1. The van der Waals surface area contributed by atoms with Crippen molar-refractivity contribution in [2.75, 3.05) is 19.7 Å². The molecule has 0 radical (unpaired) electrons. The first-order chi connectivity index (χ1) is 19.8. The van der Waals surface area contributed by atoms with Crippen molar-refractivity contribution in [3.05, 3.63) is 83.7 Å². The van der Waals surface area contributed by atoms with E-state index in [-0.39, 0.29) is 18.7 Å². The maximum atomic E-state index is 14.9. The summed E-state index contributed by atoms with van der Waals surface area (Å²) < 4.78 is 35.6. The topological polar surface area (TPSA) is 127 Å². The van der Waals surface area contributed by atoms with Gasteiger partial charge in [-0.25, -0.2) is 13.6 Å². The Morgan fingerprint density at radius 1 is 1.10 bits per heavy atom. The monoisotopic (exact) mass is 584 g/mol. The normalized spacial score (nSPS) is 12.8. The van der Waals surface area contributed by atoms with Crippen LogP contribution in [0, 0.1) is 17.0 Å². The highest BCUT2D eigenvalue weighted by atomic mass is 19.1. The lowest BCUT2D eigenvalue weighted by Gasteiger charge is -2.41. The summed E-state index contributed by atoms with van der Waals surface area (Å²) >= 11 is 0. The van der Waals surface area contributed by atoms with Gasteiger partial charge in [0.05, 0.1) is 6.04 Å². The van der Waals surface area contributed by atoms with Crippen LogP contribution in [0.25, 0.3) is 11.1 Å². The Labute approximate surface area is 244 Å². The molecule has 0 saturated carbocycles. The molecule has 9 nitrogen and oxygen atoms in total. The third kappa shape index (κ3) is 8.39. The van der Waals surface area contributed by atoms with Crippen molar-refractivity contribution in [3.8, 4) is 11.1 Å². The lowest BCUT2D eigenvalue weighted by atomic mass is 9.83. The first kappa shape index (κ1) is 32.3. The van der Waals surface area contributed by atoms with Crippen molar-refractivity contribution in [2.24, 2.45) is 11.1 Å². The maximum absolute atomic E-state index is 14.9. The number of nitrogens with one attached hydrogen (secondary N) is 1. The molecule has 0 aliphatic carbocycles. The number of nitrogens with zero attached hydrogens (tertiary/aromatic N) is 2. The van der Waals surface area contributed by atoms with Gasteiger partial charge in [-0.1, -0.05) is 51.1 Å². The fraction of sp³-hybridized carbons (Fsp3) is 0.387. The van der Waals surface area contributed by atoms with Gasteiger partial charge < -0.3 is 30.4 Å². The minimum atomic E-state index is -1.08. The molecule has 0 unspecified atom stereocenters. The van der Waals surface area contributed by atoms with Gasteiger partial charge in [0, 0.05) is 42.7 Å². The summed E-state index contributed by atoms with van der Waals surface area (Å²) in [6.07, 6.45) is -0.0942. The Morgan fingerprint density at radius 3 is 2.40 bits per heavy atom. The van der Waals surface area contributed by atoms with Gasteiger partial charge in [-0.05, 0) is 48.6 Å². The van der Waals surface area contributed by atoms with Crippen molar-refractivity contribution in [3.63, 3.8) is 0 Å². The van der Waals surface area contributed by atoms with E-state index in [9.17, 15) is 28.3 Å². The number of halogens is 2. The third-order valence-electron chi connectivity index (χ3n) is 6.77. The molecule has 3 aromatic rings. The molecule has 0 aliphatic rings. The Morgan fingerprint density at radius 2 is 1.79 bits per heavy atom. The molecular formula is C31H38F2N4O5. The highest BCUT2D eigenvalue weighted by molar-refractivity contribution is 5.82. The molecular weight excluding hydrogens is 546 g/mol. The van der Waals surface area contributed by atoms with Gasteiger partial charge in [0.2, 0.25) is 5.91 Å². The average Bonchev–Trinajstić information content (AvgIpc) is 3.32. The van der Waals surface area contributed by atoms with Crippen LogP contribution in [0.2, 0.25) is 0 Å². The van der Waals surface area contributed by atoms with Gasteiger partial charge >= 0.3 is 6.09 Å². The van der Waals surface area contributed by atoms with Gasteiger partial charge in [0.15, 0.2) is 6.10 Å². The van der Waals surface area contributed by atoms with Crippen LogP contribution in [0.4, 0.5) is 13.6 Å². The Balaban J connectivity index is 2.00. The lowest BCUT2D eigenvalue weighted by Crippen LogP contribution is -2.45. The van der Waals surface area contributed by atoms with E-state index in [0.717, 1.165) is 23.8 Å². The number of aliphatic hydroxyl groups is 1. The van der Waals surface area contributed by atoms with Crippen LogP contribution in [0.5, 0.6) is 0 Å². The first-order valence-electron chi connectivity index (χ1n) is 13.6. The van der Waals surface area contributed by atoms with Gasteiger partial charge in [-0.3, -0.25) is 9.59 Å². The number of carbonyl (C=O) groups is 3. The molecule has 0 bridgehead atoms. The second-order valence-electron chi connectivity index (χ2n) is 11.1. The van der Waals surface area contributed by atoms with Crippen molar-refractivity contribution in [1.29, 1.82) is 0 Å². The van der Waals surface area contributed by atoms with E-state index in [4.69, 9.17) is 5.73 Å². The Bertz CT molecular complexity index is 1390. The minimum absolute atomic E-state index is 0.0887. The minimum Gasteiger partial charge on any atom is -0.437 e. The van der Waals surface area contributed by atoms with E-state index < -0.39 is 53.7 Å². The highest BCUT2D eigenvalue weighted by Crippen LogP contribution is 2.41. The van der Waals surface area contributed by atoms with E-state index in [1.807, 2.05) is 55.7 Å². The zero-order valence-corrected chi connectivity index (χ0v) is 24.3. The maximum Gasteiger partial charge on any atom is 0.405 e. The molecule has 11 heteroatoms. The van der Waals surface area contributed by atoms with Crippen LogP contribution in [0.3, 0.4) is 0 Å². The Kier molecular flexibility index (Phi) is 10.8. The van der Waals surface area contributed by atoms with Gasteiger partial charge in [-0.15, -0.1) is 0 Å². The molecule has 0 spiro atoms. The molecule has 226 valence electrons. The van der Waals surface area contributed by atoms with Crippen LogP contribution in [0.15, 0.2) is 60.8 Å². The molecule has 1 heterocycles. The van der Waals surface area contributed by atoms with Gasteiger partial charge in [0.1, 0.15) is 18.2 Å². The summed E-state index contributed by atoms with van der Waals surface area (Å²) in [5.74, 6) is -2.23. The quantitative estimate of drug-likeness (QED) is 0.273.